The van der Waals surface area contributed by atoms with Gasteiger partial charge in [0, 0.05) is 5.02 Å². The van der Waals surface area contributed by atoms with Crippen molar-refractivity contribution in [3.63, 3.8) is 0 Å². The van der Waals surface area contributed by atoms with Crippen LogP contribution in [0.3, 0.4) is 0 Å². The van der Waals surface area contributed by atoms with Crippen molar-refractivity contribution in [2.45, 2.75) is 6.92 Å². The number of hydrogen-bond donors (Lipinski definition) is 0. The second kappa shape index (κ2) is 6.77. The van der Waals surface area contributed by atoms with E-state index in [1.807, 2.05) is 25.1 Å². The Balaban J connectivity index is 1.94. The predicted molar refractivity (Wildman–Crippen MR) is 81.5 cm³/mol. The maximum absolute atomic E-state index is 11.7. The van der Waals surface area contributed by atoms with Crippen LogP contribution < -0.4 is 9.47 Å². The molecule has 0 spiro atoms. The summed E-state index contributed by atoms with van der Waals surface area (Å²) < 4.78 is 11.3. The number of hydrogen-bond acceptors (Lipinski definition) is 3. The molecule has 0 heterocycles. The Kier molecular flexibility index (Phi) is 5.04. The van der Waals surface area contributed by atoms with Crippen LogP contribution in [0.5, 0.6) is 11.5 Å². The normalized spacial score (nSPS) is 10.2. The molecule has 0 bridgehead atoms. The zero-order chi connectivity index (χ0) is 14.5. The smallest absolute Gasteiger partial charge is 0.349 e. The van der Waals surface area contributed by atoms with Crippen LogP contribution in [0.15, 0.2) is 46.9 Å². The third kappa shape index (κ3) is 3.99. The highest BCUT2D eigenvalue weighted by Crippen LogP contribution is 2.28. The molecule has 0 aliphatic carbocycles. The van der Waals surface area contributed by atoms with Gasteiger partial charge in [-0.1, -0.05) is 29.8 Å². The summed E-state index contributed by atoms with van der Waals surface area (Å²) in [4.78, 5) is 11.7. The molecule has 0 saturated heterocycles. The molecule has 2 aromatic carbocycles. The van der Waals surface area contributed by atoms with Crippen LogP contribution in [-0.4, -0.2) is 12.6 Å². The highest BCUT2D eigenvalue weighted by Gasteiger charge is 2.09. The fourth-order valence-corrected chi connectivity index (χ4v) is 2.35. The van der Waals surface area contributed by atoms with Crippen LogP contribution in [0.25, 0.3) is 0 Å². The molecule has 0 N–H and O–H groups in total. The van der Waals surface area contributed by atoms with Crippen molar-refractivity contribution in [2.24, 2.45) is 0 Å². The lowest BCUT2D eigenvalue weighted by atomic mass is 10.2. The van der Waals surface area contributed by atoms with Crippen molar-refractivity contribution < 1.29 is 14.3 Å². The highest BCUT2D eigenvalue weighted by atomic mass is 79.9. The first-order chi connectivity index (χ1) is 9.56. The first kappa shape index (κ1) is 14.9. The fraction of sp³-hybridized carbons (Fsp3) is 0.133. The van der Waals surface area contributed by atoms with Crippen molar-refractivity contribution in [2.75, 3.05) is 6.61 Å². The minimum Gasteiger partial charge on any atom is -0.481 e. The number of rotatable bonds is 4. The van der Waals surface area contributed by atoms with E-state index in [1.165, 1.54) is 0 Å². The van der Waals surface area contributed by atoms with Gasteiger partial charge in [0.25, 0.3) is 0 Å². The predicted octanol–water partition coefficient (Wildman–Crippen LogP) is 4.40. The maximum atomic E-state index is 11.7. The quantitative estimate of drug-likeness (QED) is 0.602. The average Bonchev–Trinajstić information content (AvgIpc) is 2.40. The van der Waals surface area contributed by atoms with E-state index in [-0.39, 0.29) is 6.61 Å². The van der Waals surface area contributed by atoms with Gasteiger partial charge in [0.15, 0.2) is 6.61 Å². The number of para-hydroxylation sites is 1. The van der Waals surface area contributed by atoms with E-state index in [9.17, 15) is 4.79 Å². The molecular weight excluding hydrogens is 344 g/mol. The van der Waals surface area contributed by atoms with E-state index in [2.05, 4.69) is 15.9 Å². The van der Waals surface area contributed by atoms with Gasteiger partial charge in [0.05, 0.1) is 4.47 Å². The number of halogens is 2. The topological polar surface area (TPSA) is 35.5 Å². The van der Waals surface area contributed by atoms with Crippen molar-refractivity contribution in [3.05, 3.63) is 57.5 Å². The summed E-state index contributed by atoms with van der Waals surface area (Å²) in [5, 5.41) is 0.590. The van der Waals surface area contributed by atoms with Crippen molar-refractivity contribution in [3.8, 4) is 11.5 Å². The van der Waals surface area contributed by atoms with E-state index >= 15 is 0 Å². The first-order valence-electron chi connectivity index (χ1n) is 5.90. The Morgan fingerprint density at radius 1 is 1.20 bits per heavy atom. The maximum Gasteiger partial charge on any atom is 0.349 e. The largest absolute Gasteiger partial charge is 0.481 e. The van der Waals surface area contributed by atoms with E-state index in [0.717, 1.165) is 5.56 Å². The Hall–Kier alpha value is -1.52. The first-order valence-corrected chi connectivity index (χ1v) is 7.07. The van der Waals surface area contributed by atoms with Gasteiger partial charge in [0.1, 0.15) is 11.5 Å². The summed E-state index contributed by atoms with van der Waals surface area (Å²) in [6.07, 6.45) is 0. The van der Waals surface area contributed by atoms with Gasteiger partial charge >= 0.3 is 5.97 Å². The Labute approximate surface area is 130 Å². The molecule has 0 atom stereocenters. The molecule has 0 aliphatic heterocycles. The molecule has 104 valence electrons. The summed E-state index contributed by atoms with van der Waals surface area (Å²) in [6.45, 7) is 1.70. The lowest BCUT2D eigenvalue weighted by molar-refractivity contribution is -0.136. The molecule has 2 aromatic rings. The molecule has 0 unspecified atom stereocenters. The Morgan fingerprint density at radius 3 is 2.65 bits per heavy atom. The molecule has 20 heavy (non-hydrogen) atoms. The molecule has 3 nitrogen and oxygen atoms in total. The molecule has 2 rings (SSSR count). The zero-order valence-corrected chi connectivity index (χ0v) is 13.1. The fourth-order valence-electron chi connectivity index (χ4n) is 1.55. The standard InChI is InChI=1S/C15H12BrClO3/c1-10-4-2-3-5-13(10)20-15(18)9-19-14-7-6-11(17)8-12(14)16/h2-8H,9H2,1H3. The van der Waals surface area contributed by atoms with Gasteiger partial charge in [-0.25, -0.2) is 4.79 Å². The molecule has 5 heteroatoms. The minimum atomic E-state index is -0.457. The van der Waals surface area contributed by atoms with E-state index in [1.54, 1.807) is 24.3 Å². The van der Waals surface area contributed by atoms with E-state index in [4.69, 9.17) is 21.1 Å². The second-order valence-corrected chi connectivity index (χ2v) is 5.39. The summed E-state index contributed by atoms with van der Waals surface area (Å²) in [7, 11) is 0. The summed E-state index contributed by atoms with van der Waals surface area (Å²) >= 11 is 9.14. The number of esters is 1. The van der Waals surface area contributed by atoms with Crippen molar-refractivity contribution in [1.82, 2.24) is 0 Å². The van der Waals surface area contributed by atoms with E-state index in [0.29, 0.717) is 21.0 Å². The van der Waals surface area contributed by atoms with Crippen molar-refractivity contribution in [1.29, 1.82) is 0 Å². The summed E-state index contributed by atoms with van der Waals surface area (Å²) in [5.74, 6) is 0.619. The molecule has 0 aromatic heterocycles. The Morgan fingerprint density at radius 2 is 1.95 bits per heavy atom. The number of aryl methyl sites for hydroxylation is 1. The van der Waals surface area contributed by atoms with Gasteiger partial charge in [-0.05, 0) is 52.7 Å². The van der Waals surface area contributed by atoms with Crippen LogP contribution in [0.1, 0.15) is 5.56 Å². The Bertz CT molecular complexity index is 628. The van der Waals surface area contributed by atoms with Crippen LogP contribution in [0.2, 0.25) is 5.02 Å². The van der Waals surface area contributed by atoms with Gasteiger partial charge < -0.3 is 9.47 Å². The van der Waals surface area contributed by atoms with Gasteiger partial charge in [-0.2, -0.15) is 0 Å². The van der Waals surface area contributed by atoms with Crippen molar-refractivity contribution >= 4 is 33.5 Å². The average molecular weight is 356 g/mol. The molecular formula is C15H12BrClO3. The second-order valence-electron chi connectivity index (χ2n) is 4.10. The van der Waals surface area contributed by atoms with E-state index < -0.39 is 5.97 Å². The molecule has 0 saturated carbocycles. The molecule has 0 radical (unpaired) electrons. The zero-order valence-electron chi connectivity index (χ0n) is 10.7. The number of ether oxygens (including phenoxy) is 2. The third-order valence-electron chi connectivity index (χ3n) is 2.56. The molecule has 0 amide bonds. The SMILES string of the molecule is Cc1ccccc1OC(=O)COc1ccc(Cl)cc1Br. The van der Waals surface area contributed by atoms with Gasteiger partial charge in [-0.3, -0.25) is 0 Å². The monoisotopic (exact) mass is 354 g/mol. The molecule has 0 fully saturated rings. The van der Waals surface area contributed by atoms with Crippen LogP contribution in [0, 0.1) is 6.92 Å². The lowest BCUT2D eigenvalue weighted by Crippen LogP contribution is -2.18. The third-order valence-corrected chi connectivity index (χ3v) is 3.41. The molecule has 0 aliphatic rings. The van der Waals surface area contributed by atoms with Gasteiger partial charge in [-0.15, -0.1) is 0 Å². The van der Waals surface area contributed by atoms with Crippen LogP contribution >= 0.6 is 27.5 Å². The summed E-state index contributed by atoms with van der Waals surface area (Å²) in [5.41, 5.74) is 0.897. The minimum absolute atomic E-state index is 0.172. The summed E-state index contributed by atoms with van der Waals surface area (Å²) in [6, 6.07) is 12.4. The highest BCUT2D eigenvalue weighted by molar-refractivity contribution is 9.10. The lowest BCUT2D eigenvalue weighted by Gasteiger charge is -2.09. The number of carbonyl (C=O) groups is 1. The number of benzene rings is 2. The van der Waals surface area contributed by atoms with Crippen LogP contribution in [0.4, 0.5) is 0 Å². The number of carbonyl (C=O) groups excluding carboxylic acids is 1. The van der Waals surface area contributed by atoms with Gasteiger partial charge in [0.2, 0.25) is 0 Å². The van der Waals surface area contributed by atoms with Crippen LogP contribution in [-0.2, 0) is 4.79 Å².